The average molecular weight is 372 g/mol. The first kappa shape index (κ1) is 18.3. The number of carbonyl (C=O) groups excluding carboxylic acids is 1. The Labute approximate surface area is 154 Å². The molecule has 0 saturated heterocycles. The third kappa shape index (κ3) is 3.85. The maximum absolute atomic E-state index is 13.5. The summed E-state index contributed by atoms with van der Waals surface area (Å²) in [5.41, 5.74) is 2.60. The fourth-order valence-electron chi connectivity index (χ4n) is 2.76. The lowest BCUT2D eigenvalue weighted by atomic mass is 10.0. The van der Waals surface area contributed by atoms with Crippen molar-refractivity contribution in [2.75, 3.05) is 5.75 Å². The van der Waals surface area contributed by atoms with Crippen LogP contribution in [0.2, 0.25) is 0 Å². The van der Waals surface area contributed by atoms with Crippen LogP contribution in [0.15, 0.2) is 47.5 Å². The first-order valence-electron chi connectivity index (χ1n) is 8.25. The minimum absolute atomic E-state index is 0.249. The second-order valence-corrected chi connectivity index (χ2v) is 7.07. The Balaban J connectivity index is 1.94. The summed E-state index contributed by atoms with van der Waals surface area (Å²) in [7, 11) is 0. The molecule has 0 unspecified atom stereocenters. The number of halogens is 2. The van der Waals surface area contributed by atoms with Crippen LogP contribution in [0.5, 0.6) is 0 Å². The van der Waals surface area contributed by atoms with Crippen molar-refractivity contribution in [3.8, 4) is 0 Å². The van der Waals surface area contributed by atoms with Gasteiger partial charge in [0.15, 0.2) is 0 Å². The fraction of sp³-hybridized carbons (Fsp3) is 0.200. The van der Waals surface area contributed by atoms with Gasteiger partial charge in [-0.25, -0.2) is 13.8 Å². The summed E-state index contributed by atoms with van der Waals surface area (Å²) in [5.74, 6) is -0.179. The lowest BCUT2D eigenvalue weighted by molar-refractivity contribution is 0.0947. The summed E-state index contributed by atoms with van der Waals surface area (Å²) in [4.78, 5) is 17.3. The van der Waals surface area contributed by atoms with Crippen molar-refractivity contribution >= 4 is 28.6 Å². The highest BCUT2D eigenvalue weighted by atomic mass is 32.2. The molecule has 0 fully saturated rings. The van der Waals surface area contributed by atoms with Crippen molar-refractivity contribution in [1.29, 1.82) is 0 Å². The number of carbonyl (C=O) groups is 1. The Morgan fingerprint density at radius 1 is 1.12 bits per heavy atom. The Morgan fingerprint density at radius 3 is 2.50 bits per heavy atom. The third-order valence-corrected chi connectivity index (χ3v) is 4.91. The number of amides is 1. The number of rotatable bonds is 5. The number of hydrogen-bond donors (Lipinski definition) is 1. The van der Waals surface area contributed by atoms with Crippen LogP contribution in [0.4, 0.5) is 8.78 Å². The van der Waals surface area contributed by atoms with Gasteiger partial charge in [0.2, 0.25) is 0 Å². The molecular formula is C20H18F2N2OS. The number of nitrogens with zero attached hydrogens (tertiary/aromatic N) is 1. The molecule has 2 aromatic carbocycles. The largest absolute Gasteiger partial charge is 0.348 e. The molecule has 1 amide bonds. The highest BCUT2D eigenvalue weighted by Crippen LogP contribution is 2.29. The quantitative estimate of drug-likeness (QED) is 0.650. The van der Waals surface area contributed by atoms with Gasteiger partial charge in [0.1, 0.15) is 16.7 Å². The molecule has 0 radical (unpaired) electrons. The van der Waals surface area contributed by atoms with E-state index in [0.717, 1.165) is 22.3 Å². The van der Waals surface area contributed by atoms with Crippen LogP contribution < -0.4 is 5.32 Å². The standard InChI is InChI=1S/C20H18F2N2OS/c1-3-26-20-18(12(2)16-9-8-15(22)10-17(16)24-20)19(25)23-11-13-4-6-14(21)7-5-13/h4-10H,3,11H2,1-2H3,(H,23,25). The summed E-state index contributed by atoms with van der Waals surface area (Å²) in [6, 6.07) is 10.4. The Hall–Kier alpha value is -2.47. The van der Waals surface area contributed by atoms with Gasteiger partial charge in [0.25, 0.3) is 5.91 Å². The summed E-state index contributed by atoms with van der Waals surface area (Å²) in [6.45, 7) is 4.10. The molecule has 0 aliphatic heterocycles. The van der Waals surface area contributed by atoms with Crippen molar-refractivity contribution in [3.05, 3.63) is 70.8 Å². The van der Waals surface area contributed by atoms with E-state index in [-0.39, 0.29) is 24.1 Å². The molecule has 26 heavy (non-hydrogen) atoms. The van der Waals surface area contributed by atoms with Crippen LogP contribution in [0.3, 0.4) is 0 Å². The molecule has 1 aromatic heterocycles. The van der Waals surface area contributed by atoms with Crippen molar-refractivity contribution in [2.24, 2.45) is 0 Å². The van der Waals surface area contributed by atoms with Gasteiger partial charge in [-0.3, -0.25) is 4.79 Å². The number of pyridine rings is 1. The predicted octanol–water partition coefficient (Wildman–Crippen LogP) is 4.86. The number of nitrogens with one attached hydrogen (secondary N) is 1. The lowest BCUT2D eigenvalue weighted by Crippen LogP contribution is -2.25. The van der Waals surface area contributed by atoms with Gasteiger partial charge in [-0.2, -0.15) is 0 Å². The van der Waals surface area contributed by atoms with E-state index in [1.807, 2.05) is 13.8 Å². The van der Waals surface area contributed by atoms with Gasteiger partial charge in [-0.1, -0.05) is 19.1 Å². The van der Waals surface area contributed by atoms with Crippen LogP contribution in [0.25, 0.3) is 10.9 Å². The molecule has 0 aliphatic rings. The molecule has 0 aliphatic carbocycles. The zero-order chi connectivity index (χ0) is 18.7. The minimum atomic E-state index is -0.356. The third-order valence-electron chi connectivity index (χ3n) is 4.05. The van der Waals surface area contributed by atoms with E-state index in [1.165, 1.54) is 36.0 Å². The molecule has 0 atom stereocenters. The molecule has 134 valence electrons. The molecular weight excluding hydrogens is 354 g/mol. The van der Waals surface area contributed by atoms with E-state index in [4.69, 9.17) is 0 Å². The zero-order valence-electron chi connectivity index (χ0n) is 14.5. The molecule has 3 nitrogen and oxygen atoms in total. The molecule has 1 N–H and O–H groups in total. The number of aromatic nitrogens is 1. The number of fused-ring (bicyclic) bond motifs is 1. The summed E-state index contributed by atoms with van der Waals surface area (Å²) >= 11 is 1.44. The number of benzene rings is 2. The minimum Gasteiger partial charge on any atom is -0.348 e. The average Bonchev–Trinajstić information content (AvgIpc) is 2.61. The maximum atomic E-state index is 13.5. The second kappa shape index (κ2) is 7.83. The van der Waals surface area contributed by atoms with Crippen molar-refractivity contribution in [1.82, 2.24) is 10.3 Å². The van der Waals surface area contributed by atoms with Crippen LogP contribution in [0, 0.1) is 18.6 Å². The molecule has 0 bridgehead atoms. The summed E-state index contributed by atoms with van der Waals surface area (Å²) < 4.78 is 26.5. The zero-order valence-corrected chi connectivity index (χ0v) is 15.3. The highest BCUT2D eigenvalue weighted by molar-refractivity contribution is 7.99. The fourth-order valence-corrected chi connectivity index (χ4v) is 3.58. The summed E-state index contributed by atoms with van der Waals surface area (Å²) in [5, 5.41) is 4.19. The molecule has 0 saturated carbocycles. The number of aryl methyl sites for hydroxylation is 1. The van der Waals surface area contributed by atoms with E-state index in [0.29, 0.717) is 16.1 Å². The van der Waals surface area contributed by atoms with E-state index < -0.39 is 0 Å². The topological polar surface area (TPSA) is 42.0 Å². The molecule has 3 aromatic rings. The van der Waals surface area contributed by atoms with Gasteiger partial charge >= 0.3 is 0 Å². The Kier molecular flexibility index (Phi) is 5.52. The highest BCUT2D eigenvalue weighted by Gasteiger charge is 2.19. The predicted molar refractivity (Wildman–Crippen MR) is 100 cm³/mol. The maximum Gasteiger partial charge on any atom is 0.254 e. The molecule has 0 spiro atoms. The van der Waals surface area contributed by atoms with Crippen molar-refractivity contribution in [3.63, 3.8) is 0 Å². The Morgan fingerprint density at radius 2 is 1.81 bits per heavy atom. The van der Waals surface area contributed by atoms with Crippen molar-refractivity contribution in [2.45, 2.75) is 25.4 Å². The number of thioether (sulfide) groups is 1. The normalized spacial score (nSPS) is 10.9. The van der Waals surface area contributed by atoms with Gasteiger partial charge in [0.05, 0.1) is 11.1 Å². The van der Waals surface area contributed by atoms with E-state index in [9.17, 15) is 13.6 Å². The number of hydrogen-bond acceptors (Lipinski definition) is 3. The van der Waals surface area contributed by atoms with Gasteiger partial charge in [-0.05, 0) is 48.1 Å². The van der Waals surface area contributed by atoms with Gasteiger partial charge in [-0.15, -0.1) is 11.8 Å². The lowest BCUT2D eigenvalue weighted by Gasteiger charge is -2.14. The van der Waals surface area contributed by atoms with Gasteiger partial charge in [0, 0.05) is 18.0 Å². The van der Waals surface area contributed by atoms with Crippen LogP contribution in [0.1, 0.15) is 28.4 Å². The SMILES string of the molecule is CCSc1nc2cc(F)ccc2c(C)c1C(=O)NCc1ccc(F)cc1. The second-order valence-electron chi connectivity index (χ2n) is 5.82. The monoisotopic (exact) mass is 372 g/mol. The molecule has 3 rings (SSSR count). The van der Waals surface area contributed by atoms with Crippen LogP contribution >= 0.6 is 11.8 Å². The first-order chi connectivity index (χ1) is 12.5. The summed E-state index contributed by atoms with van der Waals surface area (Å²) in [6.07, 6.45) is 0. The smallest absolute Gasteiger partial charge is 0.254 e. The van der Waals surface area contributed by atoms with Crippen LogP contribution in [-0.4, -0.2) is 16.6 Å². The first-order valence-corrected chi connectivity index (χ1v) is 9.23. The van der Waals surface area contributed by atoms with Gasteiger partial charge < -0.3 is 5.32 Å². The molecule has 1 heterocycles. The van der Waals surface area contributed by atoms with Crippen molar-refractivity contribution < 1.29 is 13.6 Å². The Bertz CT molecular complexity index is 958. The molecule has 6 heteroatoms. The van der Waals surface area contributed by atoms with E-state index in [1.54, 1.807) is 18.2 Å². The van der Waals surface area contributed by atoms with E-state index in [2.05, 4.69) is 10.3 Å². The van der Waals surface area contributed by atoms with Crippen LogP contribution in [-0.2, 0) is 6.54 Å². The van der Waals surface area contributed by atoms with E-state index >= 15 is 0 Å².